The summed E-state index contributed by atoms with van der Waals surface area (Å²) < 4.78 is 1.40. The van der Waals surface area contributed by atoms with Gasteiger partial charge in [-0.3, -0.25) is 4.79 Å². The van der Waals surface area contributed by atoms with Crippen LogP contribution in [0.4, 0.5) is 0 Å². The van der Waals surface area contributed by atoms with Crippen molar-refractivity contribution in [2.45, 2.75) is 33.7 Å². The van der Waals surface area contributed by atoms with Gasteiger partial charge in [0.05, 0.1) is 5.02 Å². The van der Waals surface area contributed by atoms with Crippen molar-refractivity contribution in [3.05, 3.63) is 32.2 Å². The average molecular weight is 244 g/mol. The fourth-order valence-corrected chi connectivity index (χ4v) is 1.98. The van der Waals surface area contributed by atoms with E-state index in [2.05, 4.69) is 0 Å². The molecule has 0 radical (unpaired) electrons. The standard InChI is InChI=1S/C11H14ClNO3/c1-5(2)13-7(4)9(12)6(3)8(10(13)14)11(15)16/h5H,1-4H3,(H,15,16). The van der Waals surface area contributed by atoms with Crippen LogP contribution in [0.1, 0.15) is 41.5 Å². The molecule has 16 heavy (non-hydrogen) atoms. The maximum absolute atomic E-state index is 12.0. The third-order valence-corrected chi connectivity index (χ3v) is 3.10. The normalized spacial score (nSPS) is 10.9. The molecule has 0 aromatic carbocycles. The van der Waals surface area contributed by atoms with E-state index in [0.29, 0.717) is 16.3 Å². The number of carboxylic acids is 1. The van der Waals surface area contributed by atoms with Crippen LogP contribution in [-0.2, 0) is 0 Å². The number of nitrogens with zero attached hydrogens (tertiary/aromatic N) is 1. The van der Waals surface area contributed by atoms with Crippen LogP contribution in [-0.4, -0.2) is 15.6 Å². The molecule has 0 saturated carbocycles. The predicted octanol–water partition coefficient (Wildman–Crippen LogP) is 2.40. The molecule has 1 N–H and O–H groups in total. The Morgan fingerprint density at radius 1 is 1.38 bits per heavy atom. The van der Waals surface area contributed by atoms with Crippen LogP contribution < -0.4 is 5.56 Å². The molecule has 0 spiro atoms. The summed E-state index contributed by atoms with van der Waals surface area (Å²) in [6.45, 7) is 6.88. The molecule has 0 unspecified atom stereocenters. The lowest BCUT2D eigenvalue weighted by molar-refractivity contribution is 0.0693. The SMILES string of the molecule is Cc1c(Cl)c(C)n(C(C)C)c(=O)c1C(=O)O. The molecule has 1 heterocycles. The lowest BCUT2D eigenvalue weighted by atomic mass is 10.1. The molecule has 1 aromatic heterocycles. The Labute approximate surface area is 98.5 Å². The van der Waals surface area contributed by atoms with Crippen molar-refractivity contribution in [3.63, 3.8) is 0 Å². The molecule has 0 aliphatic carbocycles. The fourth-order valence-electron chi connectivity index (χ4n) is 1.79. The van der Waals surface area contributed by atoms with E-state index in [1.165, 1.54) is 4.57 Å². The van der Waals surface area contributed by atoms with Gasteiger partial charge in [-0.2, -0.15) is 0 Å². The van der Waals surface area contributed by atoms with Crippen molar-refractivity contribution in [2.75, 3.05) is 0 Å². The maximum Gasteiger partial charge on any atom is 0.341 e. The Morgan fingerprint density at radius 2 is 1.88 bits per heavy atom. The summed E-state index contributed by atoms with van der Waals surface area (Å²) in [5, 5.41) is 9.33. The zero-order chi connectivity index (χ0) is 12.6. The minimum Gasteiger partial charge on any atom is -0.477 e. The quantitative estimate of drug-likeness (QED) is 0.868. The summed E-state index contributed by atoms with van der Waals surface area (Å²) in [4.78, 5) is 23.0. The molecular weight excluding hydrogens is 230 g/mol. The average Bonchev–Trinajstić information content (AvgIpc) is 2.13. The van der Waals surface area contributed by atoms with Crippen LogP contribution >= 0.6 is 11.6 Å². The van der Waals surface area contributed by atoms with E-state index in [9.17, 15) is 9.59 Å². The van der Waals surface area contributed by atoms with Crippen molar-refractivity contribution in [1.29, 1.82) is 0 Å². The second-order valence-corrected chi connectivity index (χ2v) is 4.35. The first-order chi connectivity index (χ1) is 7.29. The molecule has 0 aliphatic rings. The Morgan fingerprint density at radius 3 is 2.25 bits per heavy atom. The molecule has 0 fully saturated rings. The molecule has 1 aromatic rings. The first-order valence-corrected chi connectivity index (χ1v) is 5.31. The number of carbonyl (C=O) groups is 1. The van der Waals surface area contributed by atoms with E-state index >= 15 is 0 Å². The lowest BCUT2D eigenvalue weighted by Gasteiger charge is -2.17. The van der Waals surface area contributed by atoms with Crippen LogP contribution in [0.3, 0.4) is 0 Å². The van der Waals surface area contributed by atoms with Crippen LogP contribution in [0.2, 0.25) is 5.02 Å². The van der Waals surface area contributed by atoms with Crippen LogP contribution in [0.5, 0.6) is 0 Å². The second-order valence-electron chi connectivity index (χ2n) is 3.97. The van der Waals surface area contributed by atoms with Gasteiger partial charge in [-0.05, 0) is 33.3 Å². The largest absolute Gasteiger partial charge is 0.477 e. The highest BCUT2D eigenvalue weighted by Crippen LogP contribution is 2.22. The highest BCUT2D eigenvalue weighted by Gasteiger charge is 2.21. The third kappa shape index (κ3) is 1.85. The van der Waals surface area contributed by atoms with Gasteiger partial charge in [0.1, 0.15) is 5.56 Å². The first kappa shape index (κ1) is 12.8. The van der Waals surface area contributed by atoms with Gasteiger partial charge in [0.25, 0.3) is 5.56 Å². The molecule has 1 rings (SSSR count). The first-order valence-electron chi connectivity index (χ1n) is 4.93. The van der Waals surface area contributed by atoms with Crippen molar-refractivity contribution in [2.24, 2.45) is 0 Å². The Hall–Kier alpha value is -1.29. The van der Waals surface area contributed by atoms with Gasteiger partial charge in [-0.1, -0.05) is 11.6 Å². The summed E-state index contributed by atoms with van der Waals surface area (Å²) in [5.74, 6) is -1.24. The topological polar surface area (TPSA) is 59.3 Å². The van der Waals surface area contributed by atoms with E-state index in [1.807, 2.05) is 13.8 Å². The smallest absolute Gasteiger partial charge is 0.341 e. The number of aromatic carboxylic acids is 1. The van der Waals surface area contributed by atoms with Crippen molar-refractivity contribution in [1.82, 2.24) is 4.57 Å². The van der Waals surface area contributed by atoms with Crippen LogP contribution in [0.15, 0.2) is 4.79 Å². The fraction of sp³-hybridized carbons (Fsp3) is 0.455. The minimum atomic E-state index is -1.24. The second kappa shape index (κ2) is 4.29. The monoisotopic (exact) mass is 243 g/mol. The number of pyridine rings is 1. The molecule has 0 atom stereocenters. The van der Waals surface area contributed by atoms with E-state index in [1.54, 1.807) is 13.8 Å². The molecule has 5 heteroatoms. The molecular formula is C11H14ClNO3. The Kier molecular flexibility index (Phi) is 3.43. The summed E-state index contributed by atoms with van der Waals surface area (Å²) in [6.07, 6.45) is 0. The minimum absolute atomic E-state index is 0.122. The van der Waals surface area contributed by atoms with E-state index in [-0.39, 0.29) is 11.6 Å². The summed E-state index contributed by atoms with van der Waals surface area (Å²) in [7, 11) is 0. The van der Waals surface area contributed by atoms with E-state index < -0.39 is 11.5 Å². The number of hydrogen-bond donors (Lipinski definition) is 1. The van der Waals surface area contributed by atoms with E-state index in [4.69, 9.17) is 16.7 Å². The Bertz CT molecular complexity index is 503. The third-order valence-electron chi connectivity index (χ3n) is 2.55. The van der Waals surface area contributed by atoms with Gasteiger partial charge in [0, 0.05) is 11.7 Å². The summed E-state index contributed by atoms with van der Waals surface area (Å²) in [5.41, 5.74) is 0.184. The number of rotatable bonds is 2. The zero-order valence-corrected chi connectivity index (χ0v) is 10.4. The summed E-state index contributed by atoms with van der Waals surface area (Å²) in [6, 6.07) is -0.122. The van der Waals surface area contributed by atoms with Gasteiger partial charge in [-0.15, -0.1) is 0 Å². The number of aromatic nitrogens is 1. The number of carboxylic acid groups (broad SMARTS) is 1. The molecule has 0 amide bonds. The van der Waals surface area contributed by atoms with Crippen LogP contribution in [0, 0.1) is 13.8 Å². The molecule has 4 nitrogen and oxygen atoms in total. The van der Waals surface area contributed by atoms with Crippen molar-refractivity contribution < 1.29 is 9.90 Å². The molecule has 0 bridgehead atoms. The number of hydrogen-bond acceptors (Lipinski definition) is 2. The van der Waals surface area contributed by atoms with Crippen LogP contribution in [0.25, 0.3) is 0 Å². The molecule has 0 aliphatic heterocycles. The van der Waals surface area contributed by atoms with Gasteiger partial charge in [-0.25, -0.2) is 4.79 Å². The highest BCUT2D eigenvalue weighted by atomic mass is 35.5. The number of halogens is 1. The van der Waals surface area contributed by atoms with Gasteiger partial charge in [0.2, 0.25) is 0 Å². The lowest BCUT2D eigenvalue weighted by Crippen LogP contribution is -2.31. The predicted molar refractivity (Wildman–Crippen MR) is 62.5 cm³/mol. The molecule has 0 saturated heterocycles. The van der Waals surface area contributed by atoms with Gasteiger partial charge >= 0.3 is 5.97 Å². The van der Waals surface area contributed by atoms with Crippen molar-refractivity contribution >= 4 is 17.6 Å². The Balaban J connectivity index is 3.81. The van der Waals surface area contributed by atoms with Gasteiger partial charge in [0.15, 0.2) is 0 Å². The molecule has 88 valence electrons. The summed E-state index contributed by atoms with van der Waals surface area (Å²) >= 11 is 6.03. The van der Waals surface area contributed by atoms with Gasteiger partial charge < -0.3 is 9.67 Å². The van der Waals surface area contributed by atoms with Crippen molar-refractivity contribution in [3.8, 4) is 0 Å². The maximum atomic E-state index is 12.0. The highest BCUT2D eigenvalue weighted by molar-refractivity contribution is 6.32. The zero-order valence-electron chi connectivity index (χ0n) is 9.67. The van der Waals surface area contributed by atoms with E-state index in [0.717, 1.165) is 0 Å².